The lowest BCUT2D eigenvalue weighted by atomic mass is 10.2. The van der Waals surface area contributed by atoms with Gasteiger partial charge in [-0.1, -0.05) is 23.2 Å². The Morgan fingerprint density at radius 2 is 2.09 bits per heavy atom. The predicted octanol–water partition coefficient (Wildman–Crippen LogP) is 4.38. The number of hydrazone groups is 1. The molecule has 0 spiro atoms. The molecule has 2 aromatic rings. The molecule has 0 fully saturated rings. The van der Waals surface area contributed by atoms with Crippen LogP contribution in [-0.2, 0) is 0 Å². The van der Waals surface area contributed by atoms with Gasteiger partial charge in [-0.3, -0.25) is 5.43 Å². The molecule has 118 valence electrons. The topological polar surface area (TPSA) is 72.5 Å². The number of ether oxygens (including phenoxy) is 1. The van der Waals surface area contributed by atoms with Gasteiger partial charge in [0.05, 0.1) is 11.2 Å². The highest BCUT2D eigenvalue weighted by molar-refractivity contribution is 7.14. The highest BCUT2D eigenvalue weighted by Crippen LogP contribution is 2.36. The first kappa shape index (κ1) is 16.7. The number of nitrogens with one attached hydrogen (secondary N) is 1. The summed E-state index contributed by atoms with van der Waals surface area (Å²) in [5, 5.41) is 5.42. The van der Waals surface area contributed by atoms with Crippen LogP contribution in [0.5, 0.6) is 5.75 Å². The molecule has 1 heterocycles. The van der Waals surface area contributed by atoms with Gasteiger partial charge in [0.1, 0.15) is 16.6 Å². The standard InChI is InChI=1S/C11H7Cl2F3N4OS/c12-6-1-5(2-7(9(6)13)21-11(14,15)16)3-18-20-10-19-8(17)4-22-10/h1-4H,17H2,(H,19,20). The van der Waals surface area contributed by atoms with E-state index in [-0.39, 0.29) is 15.6 Å². The molecule has 0 atom stereocenters. The molecule has 0 saturated heterocycles. The van der Waals surface area contributed by atoms with Crippen LogP contribution in [-0.4, -0.2) is 17.6 Å². The first-order chi connectivity index (χ1) is 10.2. The molecule has 0 aliphatic carbocycles. The monoisotopic (exact) mass is 370 g/mol. The van der Waals surface area contributed by atoms with E-state index in [4.69, 9.17) is 28.9 Å². The first-order valence-electron chi connectivity index (χ1n) is 5.49. The zero-order valence-corrected chi connectivity index (χ0v) is 12.8. The maximum atomic E-state index is 12.3. The van der Waals surface area contributed by atoms with Gasteiger partial charge in [0.15, 0.2) is 0 Å². The van der Waals surface area contributed by atoms with Crippen LogP contribution in [0.2, 0.25) is 10.0 Å². The normalized spacial score (nSPS) is 11.9. The van der Waals surface area contributed by atoms with Crippen molar-refractivity contribution < 1.29 is 17.9 Å². The van der Waals surface area contributed by atoms with Gasteiger partial charge < -0.3 is 10.5 Å². The molecule has 11 heteroatoms. The summed E-state index contributed by atoms with van der Waals surface area (Å²) in [6, 6.07) is 2.40. The van der Waals surface area contributed by atoms with Crippen LogP contribution in [0.4, 0.5) is 24.1 Å². The van der Waals surface area contributed by atoms with E-state index in [9.17, 15) is 13.2 Å². The fourth-order valence-corrected chi connectivity index (χ4v) is 2.27. The number of alkyl halides is 3. The summed E-state index contributed by atoms with van der Waals surface area (Å²) in [6.45, 7) is 0. The number of thiazole rings is 1. The third kappa shape index (κ3) is 4.65. The molecule has 0 aliphatic rings. The van der Waals surface area contributed by atoms with Crippen molar-refractivity contribution >= 4 is 51.7 Å². The molecule has 0 radical (unpaired) electrons. The van der Waals surface area contributed by atoms with Gasteiger partial charge in [-0.15, -0.1) is 24.5 Å². The molecule has 0 unspecified atom stereocenters. The van der Waals surface area contributed by atoms with E-state index in [1.165, 1.54) is 23.6 Å². The number of benzene rings is 1. The second-order valence-electron chi connectivity index (χ2n) is 3.81. The lowest BCUT2D eigenvalue weighted by Crippen LogP contribution is -2.17. The number of hydrogen-bond donors (Lipinski definition) is 2. The Kier molecular flexibility index (Phi) is 4.99. The summed E-state index contributed by atoms with van der Waals surface area (Å²) in [6.07, 6.45) is -3.64. The summed E-state index contributed by atoms with van der Waals surface area (Å²) < 4.78 is 40.6. The highest BCUT2D eigenvalue weighted by atomic mass is 35.5. The van der Waals surface area contributed by atoms with E-state index >= 15 is 0 Å². The van der Waals surface area contributed by atoms with Crippen LogP contribution in [0.3, 0.4) is 0 Å². The number of nitrogen functional groups attached to an aromatic ring is 1. The van der Waals surface area contributed by atoms with Crippen molar-refractivity contribution in [2.45, 2.75) is 6.36 Å². The maximum Gasteiger partial charge on any atom is 0.573 e. The lowest BCUT2D eigenvalue weighted by molar-refractivity contribution is -0.274. The zero-order chi connectivity index (χ0) is 16.3. The summed E-state index contributed by atoms with van der Waals surface area (Å²) >= 11 is 12.6. The second-order valence-corrected chi connectivity index (χ2v) is 5.45. The van der Waals surface area contributed by atoms with Crippen molar-refractivity contribution in [1.29, 1.82) is 0 Å². The van der Waals surface area contributed by atoms with E-state index < -0.39 is 12.1 Å². The van der Waals surface area contributed by atoms with Crippen molar-refractivity contribution in [2.75, 3.05) is 11.2 Å². The van der Waals surface area contributed by atoms with E-state index in [0.29, 0.717) is 10.9 Å². The lowest BCUT2D eigenvalue weighted by Gasteiger charge is -2.11. The van der Waals surface area contributed by atoms with Gasteiger partial charge in [0.25, 0.3) is 0 Å². The van der Waals surface area contributed by atoms with Gasteiger partial charge in [-0.2, -0.15) is 5.10 Å². The molecule has 22 heavy (non-hydrogen) atoms. The van der Waals surface area contributed by atoms with E-state index in [0.717, 1.165) is 6.07 Å². The number of aromatic nitrogens is 1. The average Bonchev–Trinajstić information content (AvgIpc) is 2.79. The van der Waals surface area contributed by atoms with Gasteiger partial charge in [0.2, 0.25) is 5.13 Å². The first-order valence-corrected chi connectivity index (χ1v) is 7.13. The van der Waals surface area contributed by atoms with Crippen molar-refractivity contribution in [3.8, 4) is 5.75 Å². The number of hydrogen-bond acceptors (Lipinski definition) is 6. The second kappa shape index (κ2) is 6.59. The van der Waals surface area contributed by atoms with Crippen LogP contribution < -0.4 is 15.9 Å². The smallest absolute Gasteiger partial charge is 0.404 e. The van der Waals surface area contributed by atoms with Crippen LogP contribution in [0, 0.1) is 0 Å². The number of anilines is 2. The molecule has 3 N–H and O–H groups in total. The van der Waals surface area contributed by atoms with Crippen molar-refractivity contribution in [3.63, 3.8) is 0 Å². The van der Waals surface area contributed by atoms with Crippen molar-refractivity contribution in [1.82, 2.24) is 4.98 Å². The van der Waals surface area contributed by atoms with Crippen molar-refractivity contribution in [3.05, 3.63) is 33.1 Å². The summed E-state index contributed by atoms with van der Waals surface area (Å²) in [7, 11) is 0. The molecule has 0 aliphatic heterocycles. The molecule has 0 amide bonds. The Labute approximate surface area is 136 Å². The van der Waals surface area contributed by atoms with E-state index in [1.54, 1.807) is 5.38 Å². The Morgan fingerprint density at radius 3 is 2.68 bits per heavy atom. The van der Waals surface area contributed by atoms with Gasteiger partial charge in [-0.05, 0) is 17.7 Å². The molecular weight excluding hydrogens is 364 g/mol. The largest absolute Gasteiger partial charge is 0.573 e. The van der Waals surface area contributed by atoms with Crippen LogP contribution >= 0.6 is 34.5 Å². The Morgan fingerprint density at radius 1 is 1.36 bits per heavy atom. The van der Waals surface area contributed by atoms with Gasteiger partial charge in [0, 0.05) is 5.38 Å². The SMILES string of the molecule is Nc1csc(NN=Cc2cc(Cl)c(Cl)c(OC(F)(F)F)c2)n1. The Balaban J connectivity index is 2.17. The quantitative estimate of drug-likeness (QED) is 0.618. The molecule has 1 aromatic heterocycles. The summed E-state index contributed by atoms with van der Waals surface area (Å²) in [5.74, 6) is -0.278. The minimum Gasteiger partial charge on any atom is -0.404 e. The molecule has 0 saturated carbocycles. The molecular formula is C11H7Cl2F3N4OS. The van der Waals surface area contributed by atoms with Crippen LogP contribution in [0.1, 0.15) is 5.56 Å². The fraction of sp³-hybridized carbons (Fsp3) is 0.0909. The third-order valence-electron chi connectivity index (χ3n) is 2.14. The summed E-state index contributed by atoms with van der Waals surface area (Å²) in [4.78, 5) is 3.89. The number of halogens is 5. The van der Waals surface area contributed by atoms with Crippen LogP contribution in [0.25, 0.3) is 0 Å². The average molecular weight is 371 g/mol. The Bertz CT molecular complexity index is 705. The zero-order valence-electron chi connectivity index (χ0n) is 10.5. The molecule has 0 bridgehead atoms. The number of nitrogens with zero attached hydrogens (tertiary/aromatic N) is 2. The van der Waals surface area contributed by atoms with Crippen molar-refractivity contribution in [2.24, 2.45) is 5.10 Å². The molecule has 1 aromatic carbocycles. The Hall–Kier alpha value is -1.71. The molecule has 5 nitrogen and oxygen atoms in total. The van der Waals surface area contributed by atoms with Gasteiger partial charge >= 0.3 is 6.36 Å². The van der Waals surface area contributed by atoms with E-state index in [1.807, 2.05) is 0 Å². The predicted molar refractivity (Wildman–Crippen MR) is 80.9 cm³/mol. The number of nitrogens with two attached hydrogens (primary N) is 1. The highest BCUT2D eigenvalue weighted by Gasteiger charge is 2.32. The van der Waals surface area contributed by atoms with Gasteiger partial charge in [-0.25, -0.2) is 4.98 Å². The minimum absolute atomic E-state index is 0.0941. The van der Waals surface area contributed by atoms with Crippen LogP contribution in [0.15, 0.2) is 22.6 Å². The minimum atomic E-state index is -4.88. The number of rotatable bonds is 4. The van der Waals surface area contributed by atoms with E-state index in [2.05, 4.69) is 20.2 Å². The maximum absolute atomic E-state index is 12.3. The molecule has 2 rings (SSSR count). The third-order valence-corrected chi connectivity index (χ3v) is 3.69. The fourth-order valence-electron chi connectivity index (χ4n) is 1.36. The summed E-state index contributed by atoms with van der Waals surface area (Å²) in [5.41, 5.74) is 8.26.